The molecule has 1 N–H and O–H groups in total. The fraction of sp³-hybridized carbons (Fsp3) is 0.200. The second-order valence-electron chi connectivity index (χ2n) is 7.56. The summed E-state index contributed by atoms with van der Waals surface area (Å²) in [6.07, 6.45) is 0.304. The van der Waals surface area contributed by atoms with Gasteiger partial charge in [0.2, 0.25) is 11.8 Å². The number of hydrogen-bond donors (Lipinski definition) is 1. The zero-order chi connectivity index (χ0) is 21.6. The van der Waals surface area contributed by atoms with Gasteiger partial charge in [-0.25, -0.2) is 0 Å². The van der Waals surface area contributed by atoms with E-state index in [2.05, 4.69) is 5.32 Å². The molecule has 31 heavy (non-hydrogen) atoms. The van der Waals surface area contributed by atoms with E-state index < -0.39 is 0 Å². The Balaban J connectivity index is 1.44. The molecule has 1 aliphatic rings. The minimum Gasteiger partial charge on any atom is -0.321 e. The molecule has 158 valence electrons. The summed E-state index contributed by atoms with van der Waals surface area (Å²) >= 11 is 5.96. The highest BCUT2D eigenvalue weighted by molar-refractivity contribution is 6.30. The molecule has 1 fully saturated rings. The second-order valence-corrected chi connectivity index (χ2v) is 8.00. The van der Waals surface area contributed by atoms with Crippen LogP contribution in [0.25, 0.3) is 0 Å². The van der Waals surface area contributed by atoms with Crippen molar-refractivity contribution in [3.05, 3.63) is 101 Å². The van der Waals surface area contributed by atoms with Crippen LogP contribution in [0.3, 0.4) is 0 Å². The normalized spacial score (nSPS) is 16.2. The van der Waals surface area contributed by atoms with Crippen LogP contribution in [0.5, 0.6) is 0 Å². The van der Waals surface area contributed by atoms with Gasteiger partial charge >= 0.3 is 0 Å². The first-order valence-corrected chi connectivity index (χ1v) is 10.6. The molecule has 0 aliphatic carbocycles. The van der Waals surface area contributed by atoms with Crippen LogP contribution >= 0.6 is 11.6 Å². The van der Waals surface area contributed by atoms with Crippen molar-refractivity contribution >= 4 is 29.1 Å². The average Bonchev–Trinajstić information content (AvgIpc) is 2.80. The predicted molar refractivity (Wildman–Crippen MR) is 123 cm³/mol. The SMILES string of the molecule is O=C1CC(c2ccc(Cl)cc2)NCN1CC(=O)N(Cc1ccccc1)c1ccccc1. The molecule has 0 radical (unpaired) electrons. The number of benzene rings is 3. The number of nitrogens with one attached hydrogen (secondary N) is 1. The van der Waals surface area contributed by atoms with Crippen molar-refractivity contribution in [1.82, 2.24) is 10.2 Å². The Labute approximate surface area is 187 Å². The molecule has 1 unspecified atom stereocenters. The van der Waals surface area contributed by atoms with E-state index >= 15 is 0 Å². The molecule has 0 aromatic heterocycles. The summed E-state index contributed by atoms with van der Waals surface area (Å²) in [4.78, 5) is 29.3. The molecule has 1 heterocycles. The van der Waals surface area contributed by atoms with Crippen LogP contribution in [0.1, 0.15) is 23.6 Å². The van der Waals surface area contributed by atoms with E-state index in [0.29, 0.717) is 24.7 Å². The number of halogens is 1. The fourth-order valence-electron chi connectivity index (χ4n) is 3.71. The van der Waals surface area contributed by atoms with E-state index in [1.54, 1.807) is 9.80 Å². The Kier molecular flexibility index (Phi) is 6.65. The van der Waals surface area contributed by atoms with Crippen LogP contribution in [0.2, 0.25) is 5.02 Å². The highest BCUT2D eigenvalue weighted by Crippen LogP contribution is 2.24. The van der Waals surface area contributed by atoms with Crippen molar-refractivity contribution in [2.45, 2.75) is 19.0 Å². The first-order chi connectivity index (χ1) is 15.1. The molecule has 6 heteroatoms. The summed E-state index contributed by atoms with van der Waals surface area (Å²) in [6.45, 7) is 0.805. The molecule has 0 bridgehead atoms. The van der Waals surface area contributed by atoms with E-state index in [1.165, 1.54) is 0 Å². The molecule has 1 saturated heterocycles. The monoisotopic (exact) mass is 433 g/mol. The standard InChI is InChI=1S/C25H24ClN3O2/c26-21-13-11-20(12-14-21)23-15-24(30)28(18-27-23)17-25(31)29(22-9-5-2-6-10-22)16-19-7-3-1-4-8-19/h1-14,23,27H,15-18H2. The van der Waals surface area contributed by atoms with Crippen molar-refractivity contribution in [3.63, 3.8) is 0 Å². The zero-order valence-electron chi connectivity index (χ0n) is 17.1. The smallest absolute Gasteiger partial charge is 0.246 e. The van der Waals surface area contributed by atoms with E-state index in [1.807, 2.05) is 84.9 Å². The highest BCUT2D eigenvalue weighted by atomic mass is 35.5. The predicted octanol–water partition coefficient (Wildman–Crippen LogP) is 4.39. The lowest BCUT2D eigenvalue weighted by Gasteiger charge is -2.34. The largest absolute Gasteiger partial charge is 0.321 e. The third-order valence-corrected chi connectivity index (χ3v) is 5.66. The van der Waals surface area contributed by atoms with Gasteiger partial charge in [0.15, 0.2) is 0 Å². The Morgan fingerprint density at radius 2 is 1.61 bits per heavy atom. The molecule has 3 aromatic rings. The minimum absolute atomic E-state index is 0.0287. The van der Waals surface area contributed by atoms with Gasteiger partial charge in [-0.3, -0.25) is 14.9 Å². The summed E-state index contributed by atoms with van der Waals surface area (Å²) < 4.78 is 0. The summed E-state index contributed by atoms with van der Waals surface area (Å²) in [5.41, 5.74) is 2.86. The lowest BCUT2D eigenvalue weighted by Crippen LogP contribution is -2.51. The molecule has 0 spiro atoms. The Morgan fingerprint density at radius 3 is 2.26 bits per heavy atom. The number of carbonyl (C=O) groups is 2. The van der Waals surface area contributed by atoms with Gasteiger partial charge in [0.25, 0.3) is 0 Å². The van der Waals surface area contributed by atoms with Crippen molar-refractivity contribution < 1.29 is 9.59 Å². The maximum absolute atomic E-state index is 13.2. The maximum Gasteiger partial charge on any atom is 0.246 e. The van der Waals surface area contributed by atoms with Crippen LogP contribution in [0.4, 0.5) is 5.69 Å². The number of carbonyl (C=O) groups excluding carboxylic acids is 2. The van der Waals surface area contributed by atoms with Crippen LogP contribution in [0, 0.1) is 0 Å². The lowest BCUT2D eigenvalue weighted by molar-refractivity contribution is -0.138. The molecule has 4 rings (SSSR count). The molecule has 5 nitrogen and oxygen atoms in total. The third-order valence-electron chi connectivity index (χ3n) is 5.41. The molecule has 3 aromatic carbocycles. The Bertz CT molecular complexity index is 1030. The van der Waals surface area contributed by atoms with Gasteiger partial charge in [0.1, 0.15) is 6.54 Å². The van der Waals surface area contributed by atoms with Gasteiger partial charge in [0, 0.05) is 23.2 Å². The summed E-state index contributed by atoms with van der Waals surface area (Å²) in [5.74, 6) is -0.157. The Hall–Kier alpha value is -3.15. The molecule has 1 aliphatic heterocycles. The molecule has 2 amide bonds. The summed E-state index contributed by atoms with van der Waals surface area (Å²) in [5, 5.41) is 4.02. The van der Waals surface area contributed by atoms with Crippen molar-refractivity contribution in [2.24, 2.45) is 0 Å². The van der Waals surface area contributed by atoms with Crippen LogP contribution in [-0.4, -0.2) is 29.9 Å². The van der Waals surface area contributed by atoms with Crippen LogP contribution < -0.4 is 10.2 Å². The minimum atomic E-state index is -0.116. The second kappa shape index (κ2) is 9.77. The van der Waals surface area contributed by atoms with E-state index in [0.717, 1.165) is 16.8 Å². The lowest BCUT2D eigenvalue weighted by atomic mass is 10.0. The van der Waals surface area contributed by atoms with Gasteiger partial charge < -0.3 is 9.80 Å². The number of hydrogen-bond acceptors (Lipinski definition) is 3. The summed E-state index contributed by atoms with van der Waals surface area (Å²) in [6, 6.07) is 26.8. The first kappa shape index (κ1) is 21.1. The summed E-state index contributed by atoms with van der Waals surface area (Å²) in [7, 11) is 0. The first-order valence-electron chi connectivity index (χ1n) is 10.3. The van der Waals surface area contributed by atoms with Crippen LogP contribution in [-0.2, 0) is 16.1 Å². The topological polar surface area (TPSA) is 52.7 Å². The van der Waals surface area contributed by atoms with E-state index in [-0.39, 0.29) is 24.4 Å². The van der Waals surface area contributed by atoms with Crippen molar-refractivity contribution in [3.8, 4) is 0 Å². The van der Waals surface area contributed by atoms with Gasteiger partial charge in [-0.2, -0.15) is 0 Å². The number of rotatable bonds is 6. The van der Waals surface area contributed by atoms with E-state index in [4.69, 9.17) is 11.6 Å². The maximum atomic E-state index is 13.2. The number of amides is 2. The molecular formula is C25H24ClN3O2. The fourth-order valence-corrected chi connectivity index (χ4v) is 3.83. The van der Waals surface area contributed by atoms with Crippen molar-refractivity contribution in [1.29, 1.82) is 0 Å². The van der Waals surface area contributed by atoms with Crippen molar-refractivity contribution in [2.75, 3.05) is 18.1 Å². The van der Waals surface area contributed by atoms with E-state index in [9.17, 15) is 9.59 Å². The Morgan fingerprint density at radius 1 is 0.968 bits per heavy atom. The number of nitrogens with zero attached hydrogens (tertiary/aromatic N) is 2. The number of para-hydroxylation sites is 1. The van der Waals surface area contributed by atoms with Crippen LogP contribution in [0.15, 0.2) is 84.9 Å². The molecule has 1 atom stereocenters. The van der Waals surface area contributed by atoms with Gasteiger partial charge in [-0.15, -0.1) is 0 Å². The highest BCUT2D eigenvalue weighted by Gasteiger charge is 2.29. The third kappa shape index (κ3) is 5.32. The van der Waals surface area contributed by atoms with Gasteiger partial charge in [-0.05, 0) is 35.4 Å². The quantitative estimate of drug-likeness (QED) is 0.627. The molecule has 0 saturated carbocycles. The average molecular weight is 434 g/mol. The molecular weight excluding hydrogens is 410 g/mol. The van der Waals surface area contributed by atoms with Gasteiger partial charge in [-0.1, -0.05) is 72.3 Å². The van der Waals surface area contributed by atoms with Gasteiger partial charge in [0.05, 0.1) is 13.2 Å². The number of anilines is 1. The zero-order valence-corrected chi connectivity index (χ0v) is 17.8.